The van der Waals surface area contributed by atoms with Crippen molar-refractivity contribution in [3.8, 4) is 5.75 Å². The van der Waals surface area contributed by atoms with Gasteiger partial charge in [0.05, 0.1) is 6.20 Å². The molecule has 1 saturated heterocycles. The van der Waals surface area contributed by atoms with Gasteiger partial charge < -0.3 is 24.2 Å². The largest absolute Gasteiger partial charge is 0.489 e. The second kappa shape index (κ2) is 9.52. The second-order valence-electron chi connectivity index (χ2n) is 10.1. The number of rotatable bonds is 4. The third kappa shape index (κ3) is 5.43. The minimum absolute atomic E-state index is 0.0119. The predicted octanol–water partition coefficient (Wildman–Crippen LogP) is 4.26. The van der Waals surface area contributed by atoms with Crippen molar-refractivity contribution in [3.05, 3.63) is 47.7 Å². The summed E-state index contributed by atoms with van der Waals surface area (Å²) < 4.78 is 11.6. The fraction of sp³-hybridized carbons (Fsp3) is 0.500. The molecular formula is C26H34N4O4. The lowest BCUT2D eigenvalue weighted by molar-refractivity contribution is 0.0126. The van der Waals surface area contributed by atoms with Crippen LogP contribution in [0.5, 0.6) is 5.75 Å². The predicted molar refractivity (Wildman–Crippen MR) is 131 cm³/mol. The summed E-state index contributed by atoms with van der Waals surface area (Å²) in [6, 6.07) is 9.78. The Morgan fingerprint density at radius 3 is 2.41 bits per heavy atom. The molecule has 1 aromatic carbocycles. The molecule has 2 amide bonds. The number of carbonyl (C=O) groups excluding carboxylic acids is 2. The SMILES string of the molecule is CN(C)C(=O)c1ccc2c(c1)CCN2c1ccc(OC2CCN(C(=O)OC(C)(C)C)CC2)cn1. The molecule has 2 aliphatic rings. The zero-order valence-corrected chi connectivity index (χ0v) is 20.7. The number of hydrogen-bond donors (Lipinski definition) is 0. The molecule has 2 aliphatic heterocycles. The minimum Gasteiger partial charge on any atom is -0.489 e. The van der Waals surface area contributed by atoms with Gasteiger partial charge in [0, 0.05) is 57.8 Å². The highest BCUT2D eigenvalue weighted by atomic mass is 16.6. The first-order valence-corrected chi connectivity index (χ1v) is 11.8. The maximum Gasteiger partial charge on any atom is 0.410 e. The van der Waals surface area contributed by atoms with Gasteiger partial charge in [0.2, 0.25) is 0 Å². The minimum atomic E-state index is -0.486. The Kier molecular flexibility index (Phi) is 6.68. The van der Waals surface area contributed by atoms with Crippen LogP contribution in [0.25, 0.3) is 0 Å². The fourth-order valence-corrected chi connectivity index (χ4v) is 4.31. The number of nitrogens with zero attached hydrogens (tertiary/aromatic N) is 4. The molecule has 8 heteroatoms. The van der Waals surface area contributed by atoms with Crippen molar-refractivity contribution in [1.82, 2.24) is 14.8 Å². The highest BCUT2D eigenvalue weighted by Gasteiger charge is 2.28. The summed E-state index contributed by atoms with van der Waals surface area (Å²) >= 11 is 0. The number of piperidine rings is 1. The van der Waals surface area contributed by atoms with Crippen molar-refractivity contribution in [2.45, 2.75) is 51.7 Å². The molecule has 182 valence electrons. The van der Waals surface area contributed by atoms with E-state index in [2.05, 4.69) is 9.88 Å². The Labute approximate surface area is 201 Å². The molecular weight excluding hydrogens is 432 g/mol. The van der Waals surface area contributed by atoms with Crippen LogP contribution in [0.4, 0.5) is 16.3 Å². The number of ether oxygens (including phenoxy) is 2. The number of aromatic nitrogens is 1. The van der Waals surface area contributed by atoms with E-state index in [1.165, 1.54) is 0 Å². The first-order valence-electron chi connectivity index (χ1n) is 11.8. The average molecular weight is 467 g/mol. The quantitative estimate of drug-likeness (QED) is 0.670. The summed E-state index contributed by atoms with van der Waals surface area (Å²) in [5, 5.41) is 0. The number of fused-ring (bicyclic) bond motifs is 1. The van der Waals surface area contributed by atoms with Gasteiger partial charge in [0.1, 0.15) is 23.3 Å². The Morgan fingerprint density at radius 1 is 1.06 bits per heavy atom. The lowest BCUT2D eigenvalue weighted by Gasteiger charge is -2.33. The molecule has 0 aliphatic carbocycles. The van der Waals surface area contributed by atoms with Gasteiger partial charge >= 0.3 is 6.09 Å². The number of likely N-dealkylation sites (tertiary alicyclic amines) is 1. The van der Waals surface area contributed by atoms with Crippen LogP contribution in [0, 0.1) is 0 Å². The Hall–Kier alpha value is -3.29. The molecule has 1 aromatic heterocycles. The number of hydrogen-bond acceptors (Lipinski definition) is 6. The van der Waals surface area contributed by atoms with E-state index in [0.29, 0.717) is 18.7 Å². The van der Waals surface area contributed by atoms with Crippen LogP contribution >= 0.6 is 0 Å². The number of amides is 2. The van der Waals surface area contributed by atoms with E-state index in [-0.39, 0.29) is 18.1 Å². The summed E-state index contributed by atoms with van der Waals surface area (Å²) in [6.45, 7) is 7.69. The lowest BCUT2D eigenvalue weighted by Crippen LogP contribution is -2.44. The Balaban J connectivity index is 1.34. The highest BCUT2D eigenvalue weighted by molar-refractivity contribution is 5.95. The number of pyridine rings is 1. The van der Waals surface area contributed by atoms with Crippen LogP contribution in [-0.2, 0) is 11.2 Å². The van der Waals surface area contributed by atoms with Gasteiger partial charge in [0.15, 0.2) is 0 Å². The average Bonchev–Trinajstić information content (AvgIpc) is 3.21. The van der Waals surface area contributed by atoms with E-state index in [9.17, 15) is 9.59 Å². The summed E-state index contributed by atoms with van der Waals surface area (Å²) in [7, 11) is 3.53. The molecule has 4 rings (SSSR count). The third-order valence-corrected chi connectivity index (χ3v) is 6.02. The molecule has 1 fully saturated rings. The van der Waals surface area contributed by atoms with E-state index < -0.39 is 5.60 Å². The van der Waals surface area contributed by atoms with Crippen molar-refractivity contribution in [2.24, 2.45) is 0 Å². The van der Waals surface area contributed by atoms with E-state index in [1.807, 2.05) is 51.1 Å². The zero-order valence-electron chi connectivity index (χ0n) is 20.7. The second-order valence-corrected chi connectivity index (χ2v) is 10.1. The molecule has 0 saturated carbocycles. The third-order valence-electron chi connectivity index (χ3n) is 6.02. The highest BCUT2D eigenvalue weighted by Crippen LogP contribution is 2.35. The zero-order chi connectivity index (χ0) is 24.5. The maximum atomic E-state index is 12.3. The molecule has 34 heavy (non-hydrogen) atoms. The molecule has 0 spiro atoms. The monoisotopic (exact) mass is 466 g/mol. The van der Waals surface area contributed by atoms with Crippen LogP contribution in [0.15, 0.2) is 36.5 Å². The topological polar surface area (TPSA) is 75.2 Å². The van der Waals surface area contributed by atoms with Crippen molar-refractivity contribution in [3.63, 3.8) is 0 Å². The molecule has 3 heterocycles. The van der Waals surface area contributed by atoms with Crippen LogP contribution in [0.1, 0.15) is 49.5 Å². The number of anilines is 2. The van der Waals surface area contributed by atoms with Gasteiger partial charge in [-0.05, 0) is 63.1 Å². The Bertz CT molecular complexity index is 1040. The van der Waals surface area contributed by atoms with Crippen LogP contribution < -0.4 is 9.64 Å². The van der Waals surface area contributed by atoms with Crippen molar-refractivity contribution in [1.29, 1.82) is 0 Å². The van der Waals surface area contributed by atoms with Crippen LogP contribution in [-0.4, -0.2) is 72.2 Å². The standard InChI is InChI=1S/C26H34N4O4/c1-26(2,3)34-25(32)29-13-11-20(12-14-29)33-21-7-9-23(27-17-21)30-15-10-18-16-19(6-8-22(18)30)24(31)28(4)5/h6-9,16-17,20H,10-15H2,1-5H3. The molecule has 0 unspecified atom stereocenters. The van der Waals surface area contributed by atoms with Gasteiger partial charge in [-0.1, -0.05) is 0 Å². The van der Waals surface area contributed by atoms with Gasteiger partial charge in [-0.2, -0.15) is 0 Å². The maximum absolute atomic E-state index is 12.3. The summed E-state index contributed by atoms with van der Waals surface area (Å²) in [5.41, 5.74) is 2.47. The smallest absolute Gasteiger partial charge is 0.410 e. The van der Waals surface area contributed by atoms with E-state index in [4.69, 9.17) is 9.47 Å². The van der Waals surface area contributed by atoms with Crippen molar-refractivity contribution < 1.29 is 19.1 Å². The van der Waals surface area contributed by atoms with Gasteiger partial charge in [0.25, 0.3) is 5.91 Å². The van der Waals surface area contributed by atoms with Gasteiger partial charge in [-0.15, -0.1) is 0 Å². The molecule has 2 aromatic rings. The van der Waals surface area contributed by atoms with Crippen LogP contribution in [0.3, 0.4) is 0 Å². The van der Waals surface area contributed by atoms with Gasteiger partial charge in [-0.3, -0.25) is 4.79 Å². The number of benzene rings is 1. The molecule has 0 atom stereocenters. The van der Waals surface area contributed by atoms with E-state index in [1.54, 1.807) is 30.1 Å². The lowest BCUT2D eigenvalue weighted by atomic mass is 10.1. The van der Waals surface area contributed by atoms with Crippen molar-refractivity contribution >= 4 is 23.5 Å². The molecule has 0 bridgehead atoms. The first-order chi connectivity index (χ1) is 16.1. The summed E-state index contributed by atoms with van der Waals surface area (Å²) in [4.78, 5) is 34.6. The van der Waals surface area contributed by atoms with Crippen molar-refractivity contribution in [2.75, 3.05) is 38.6 Å². The van der Waals surface area contributed by atoms with Gasteiger partial charge in [-0.25, -0.2) is 9.78 Å². The molecule has 8 nitrogen and oxygen atoms in total. The molecule has 0 N–H and O–H groups in total. The Morgan fingerprint density at radius 2 is 1.79 bits per heavy atom. The fourth-order valence-electron chi connectivity index (χ4n) is 4.31. The van der Waals surface area contributed by atoms with Crippen LogP contribution in [0.2, 0.25) is 0 Å². The first kappa shape index (κ1) is 23.9. The number of carbonyl (C=O) groups is 2. The summed E-state index contributed by atoms with van der Waals surface area (Å²) in [6.07, 6.45) is 3.94. The summed E-state index contributed by atoms with van der Waals surface area (Å²) in [5.74, 6) is 1.60. The normalized spacial score (nSPS) is 16.3. The van der Waals surface area contributed by atoms with E-state index >= 15 is 0 Å². The molecule has 0 radical (unpaired) electrons. The van der Waals surface area contributed by atoms with E-state index in [0.717, 1.165) is 48.6 Å².